The lowest BCUT2D eigenvalue weighted by molar-refractivity contribution is 0.578. The first kappa shape index (κ1) is 12.3. The molecule has 1 atom stereocenters. The fourth-order valence-corrected chi connectivity index (χ4v) is 2.64. The summed E-state index contributed by atoms with van der Waals surface area (Å²) in [6.45, 7) is 5.32. The highest BCUT2D eigenvalue weighted by Gasteiger charge is 2.05. The van der Waals surface area contributed by atoms with Crippen LogP contribution in [0.25, 0.3) is 0 Å². The Morgan fingerprint density at radius 1 is 1.18 bits per heavy atom. The van der Waals surface area contributed by atoms with Crippen molar-refractivity contribution in [2.24, 2.45) is 0 Å². The third-order valence-electron chi connectivity index (χ3n) is 2.85. The highest BCUT2D eigenvalue weighted by Crippen LogP contribution is 2.18. The fourth-order valence-electron chi connectivity index (χ4n) is 1.73. The zero-order valence-corrected chi connectivity index (χ0v) is 11.1. The van der Waals surface area contributed by atoms with Crippen LogP contribution in [-0.2, 0) is 13.0 Å². The van der Waals surface area contributed by atoms with Gasteiger partial charge in [-0.1, -0.05) is 6.92 Å². The molecule has 1 unspecified atom stereocenters. The Morgan fingerprint density at radius 2 is 1.88 bits per heavy atom. The third kappa shape index (κ3) is 3.38. The van der Waals surface area contributed by atoms with Crippen LogP contribution in [0.1, 0.15) is 35.2 Å². The van der Waals surface area contributed by atoms with Crippen LogP contribution in [0.3, 0.4) is 0 Å². The van der Waals surface area contributed by atoms with Gasteiger partial charge in [0.25, 0.3) is 0 Å². The number of hydrogen-bond acceptors (Lipinski definition) is 3. The van der Waals surface area contributed by atoms with Gasteiger partial charge < -0.3 is 5.32 Å². The Bertz CT molecular complexity index is 450. The molecule has 0 saturated carbocycles. The van der Waals surface area contributed by atoms with Crippen molar-refractivity contribution < 1.29 is 0 Å². The Balaban J connectivity index is 1.90. The highest BCUT2D eigenvalue weighted by atomic mass is 32.1. The number of nitrogens with one attached hydrogen (secondary N) is 1. The molecule has 0 fully saturated rings. The van der Waals surface area contributed by atoms with Gasteiger partial charge in [0.1, 0.15) is 0 Å². The first-order chi connectivity index (χ1) is 8.29. The van der Waals surface area contributed by atoms with Crippen LogP contribution in [0.5, 0.6) is 0 Å². The molecule has 3 heteroatoms. The Morgan fingerprint density at radius 3 is 2.53 bits per heavy atom. The summed E-state index contributed by atoms with van der Waals surface area (Å²) in [4.78, 5) is 6.90. The van der Waals surface area contributed by atoms with E-state index in [2.05, 4.69) is 48.4 Å². The SMILES string of the molecule is CCc1ccc(CNC(C)c2ccncc2)s1. The number of nitrogens with zero attached hydrogens (tertiary/aromatic N) is 1. The van der Waals surface area contributed by atoms with E-state index < -0.39 is 0 Å². The van der Waals surface area contributed by atoms with Crippen LogP contribution in [0.15, 0.2) is 36.7 Å². The van der Waals surface area contributed by atoms with Crippen LogP contribution >= 0.6 is 11.3 Å². The first-order valence-corrected chi connectivity index (χ1v) is 6.82. The van der Waals surface area contributed by atoms with Crippen molar-refractivity contribution >= 4 is 11.3 Å². The Hall–Kier alpha value is -1.19. The summed E-state index contributed by atoms with van der Waals surface area (Å²) in [6, 6.07) is 8.92. The average Bonchev–Trinajstić information content (AvgIpc) is 2.85. The number of aromatic nitrogens is 1. The maximum Gasteiger partial charge on any atom is 0.0305 e. The molecule has 2 rings (SSSR count). The summed E-state index contributed by atoms with van der Waals surface area (Å²) in [6.07, 6.45) is 4.81. The van der Waals surface area contributed by atoms with Crippen LogP contribution in [0.2, 0.25) is 0 Å². The Labute approximate surface area is 107 Å². The van der Waals surface area contributed by atoms with E-state index in [0.717, 1.165) is 13.0 Å². The van der Waals surface area contributed by atoms with Crippen LogP contribution in [0.4, 0.5) is 0 Å². The average molecular weight is 246 g/mol. The van der Waals surface area contributed by atoms with Gasteiger partial charge in [-0.15, -0.1) is 11.3 Å². The van der Waals surface area contributed by atoms with Crippen molar-refractivity contribution in [1.29, 1.82) is 0 Å². The van der Waals surface area contributed by atoms with Gasteiger partial charge in [0.2, 0.25) is 0 Å². The molecule has 2 aromatic heterocycles. The van der Waals surface area contributed by atoms with Gasteiger partial charge in [-0.25, -0.2) is 0 Å². The second-order valence-electron chi connectivity index (χ2n) is 4.10. The van der Waals surface area contributed by atoms with E-state index in [-0.39, 0.29) is 0 Å². The molecule has 0 bridgehead atoms. The van der Waals surface area contributed by atoms with Crippen molar-refractivity contribution in [2.45, 2.75) is 32.9 Å². The van der Waals surface area contributed by atoms with E-state index in [0.29, 0.717) is 6.04 Å². The topological polar surface area (TPSA) is 24.9 Å². The zero-order chi connectivity index (χ0) is 12.1. The smallest absolute Gasteiger partial charge is 0.0305 e. The number of pyridine rings is 1. The molecule has 2 nitrogen and oxygen atoms in total. The van der Waals surface area contributed by atoms with Gasteiger partial charge in [0, 0.05) is 34.7 Å². The third-order valence-corrected chi connectivity index (χ3v) is 4.08. The van der Waals surface area contributed by atoms with E-state index in [1.54, 1.807) is 0 Å². The van der Waals surface area contributed by atoms with Gasteiger partial charge in [0.05, 0.1) is 0 Å². The molecule has 0 aliphatic heterocycles. The monoisotopic (exact) mass is 246 g/mol. The highest BCUT2D eigenvalue weighted by molar-refractivity contribution is 7.11. The van der Waals surface area contributed by atoms with Gasteiger partial charge in [-0.3, -0.25) is 4.98 Å². The summed E-state index contributed by atoms with van der Waals surface area (Å²) in [5.41, 5.74) is 1.28. The predicted molar refractivity (Wildman–Crippen MR) is 73.2 cm³/mol. The minimum atomic E-state index is 0.366. The van der Waals surface area contributed by atoms with Crippen LogP contribution < -0.4 is 5.32 Å². The minimum absolute atomic E-state index is 0.366. The molecular weight excluding hydrogens is 228 g/mol. The van der Waals surface area contributed by atoms with E-state index in [4.69, 9.17) is 0 Å². The van der Waals surface area contributed by atoms with Gasteiger partial charge >= 0.3 is 0 Å². The molecule has 0 saturated heterocycles. The summed E-state index contributed by atoms with van der Waals surface area (Å²) >= 11 is 1.90. The van der Waals surface area contributed by atoms with Gasteiger partial charge in [0.15, 0.2) is 0 Å². The van der Waals surface area contributed by atoms with E-state index in [9.17, 15) is 0 Å². The number of hydrogen-bond donors (Lipinski definition) is 1. The van der Waals surface area contributed by atoms with Gasteiger partial charge in [-0.2, -0.15) is 0 Å². The number of aryl methyl sites for hydroxylation is 1. The lowest BCUT2D eigenvalue weighted by atomic mass is 10.1. The normalized spacial score (nSPS) is 12.6. The molecule has 0 amide bonds. The quantitative estimate of drug-likeness (QED) is 0.872. The maximum absolute atomic E-state index is 4.03. The maximum atomic E-state index is 4.03. The number of thiophene rings is 1. The molecule has 0 radical (unpaired) electrons. The summed E-state index contributed by atoms with van der Waals surface area (Å²) in [5, 5.41) is 3.54. The van der Waals surface area contributed by atoms with Crippen molar-refractivity contribution in [2.75, 3.05) is 0 Å². The number of rotatable bonds is 5. The molecule has 0 spiro atoms. The molecule has 0 aliphatic carbocycles. The lowest BCUT2D eigenvalue weighted by Gasteiger charge is -2.12. The van der Waals surface area contributed by atoms with Crippen molar-refractivity contribution in [1.82, 2.24) is 10.3 Å². The van der Waals surface area contributed by atoms with Crippen molar-refractivity contribution in [3.8, 4) is 0 Å². The molecule has 90 valence electrons. The molecule has 0 aromatic carbocycles. The standard InChI is InChI=1S/C14H18N2S/c1-3-13-4-5-14(17-13)10-16-11(2)12-6-8-15-9-7-12/h4-9,11,16H,3,10H2,1-2H3. The fraction of sp³-hybridized carbons (Fsp3) is 0.357. The first-order valence-electron chi connectivity index (χ1n) is 6.00. The van der Waals surface area contributed by atoms with E-state index >= 15 is 0 Å². The second kappa shape index (κ2) is 5.94. The zero-order valence-electron chi connectivity index (χ0n) is 10.3. The molecule has 0 aliphatic rings. The molecule has 2 aromatic rings. The second-order valence-corrected chi connectivity index (χ2v) is 5.36. The molecule has 17 heavy (non-hydrogen) atoms. The predicted octanol–water partition coefficient (Wildman–Crippen LogP) is 3.56. The lowest BCUT2D eigenvalue weighted by Crippen LogP contribution is -2.17. The molecule has 1 N–H and O–H groups in total. The minimum Gasteiger partial charge on any atom is -0.305 e. The molecular formula is C14H18N2S. The van der Waals surface area contributed by atoms with Gasteiger partial charge in [-0.05, 0) is 43.2 Å². The van der Waals surface area contributed by atoms with E-state index in [1.807, 2.05) is 23.7 Å². The summed E-state index contributed by atoms with van der Waals surface area (Å²) in [5.74, 6) is 0. The van der Waals surface area contributed by atoms with E-state index in [1.165, 1.54) is 15.3 Å². The van der Waals surface area contributed by atoms with Crippen LogP contribution in [-0.4, -0.2) is 4.98 Å². The van der Waals surface area contributed by atoms with Crippen LogP contribution in [0, 0.1) is 0 Å². The summed E-state index contributed by atoms with van der Waals surface area (Å²) < 4.78 is 0. The largest absolute Gasteiger partial charge is 0.305 e. The molecule has 2 heterocycles. The van der Waals surface area contributed by atoms with Crippen molar-refractivity contribution in [3.05, 3.63) is 52.0 Å². The Kier molecular flexibility index (Phi) is 4.29. The summed E-state index contributed by atoms with van der Waals surface area (Å²) in [7, 11) is 0. The van der Waals surface area contributed by atoms with Crippen molar-refractivity contribution in [3.63, 3.8) is 0 Å².